The largest absolute Gasteiger partial charge is 0.355 e. The second-order valence-electron chi connectivity index (χ2n) is 9.79. The molecule has 0 spiro atoms. The van der Waals surface area contributed by atoms with Gasteiger partial charge in [-0.25, -0.2) is 4.98 Å². The molecule has 178 valence electrons. The quantitative estimate of drug-likeness (QED) is 0.304. The Morgan fingerprint density at radius 2 is 1.80 bits per heavy atom. The van der Waals surface area contributed by atoms with E-state index in [9.17, 15) is 0 Å². The number of halogens is 1. The van der Waals surface area contributed by atoms with E-state index >= 15 is 0 Å². The van der Waals surface area contributed by atoms with E-state index in [2.05, 4.69) is 56.6 Å². The Balaban J connectivity index is 1.23. The van der Waals surface area contributed by atoms with Crippen LogP contribution in [0.2, 0.25) is 5.02 Å². The highest BCUT2D eigenvalue weighted by Crippen LogP contribution is 2.35. The van der Waals surface area contributed by atoms with E-state index in [0.29, 0.717) is 5.02 Å². The lowest BCUT2D eigenvalue weighted by Crippen LogP contribution is -2.40. The van der Waals surface area contributed by atoms with Gasteiger partial charge in [0.15, 0.2) is 0 Å². The van der Waals surface area contributed by atoms with Crippen molar-refractivity contribution in [1.29, 1.82) is 0 Å². The number of anilines is 2. The fourth-order valence-corrected chi connectivity index (χ4v) is 5.88. The number of benzene rings is 3. The highest BCUT2D eigenvalue weighted by Gasteiger charge is 2.26. The zero-order valence-electron chi connectivity index (χ0n) is 19.9. The number of aromatic nitrogens is 2. The van der Waals surface area contributed by atoms with E-state index in [1.54, 1.807) is 0 Å². The summed E-state index contributed by atoms with van der Waals surface area (Å²) in [5.41, 5.74) is 8.10. The molecule has 6 rings (SSSR count). The lowest BCUT2D eigenvalue weighted by molar-refractivity contribution is 0.141. The molecule has 2 heterocycles. The fraction of sp³-hybridized carbons (Fsp3) is 0.300. The van der Waals surface area contributed by atoms with Crippen LogP contribution >= 0.6 is 11.6 Å². The predicted octanol–water partition coefficient (Wildman–Crippen LogP) is 7.83. The molecule has 0 radical (unpaired) electrons. The molecule has 1 aliphatic heterocycles. The van der Waals surface area contributed by atoms with Crippen LogP contribution in [0.15, 0.2) is 72.9 Å². The first-order valence-corrected chi connectivity index (χ1v) is 13.1. The molecule has 0 saturated heterocycles. The van der Waals surface area contributed by atoms with Crippen LogP contribution in [0.25, 0.3) is 22.6 Å². The monoisotopic (exact) mass is 482 g/mol. The van der Waals surface area contributed by atoms with Gasteiger partial charge in [-0.2, -0.15) is 0 Å². The minimum atomic E-state index is 0.683. The van der Waals surface area contributed by atoms with Crippen LogP contribution in [0.3, 0.4) is 0 Å². The maximum Gasteiger partial charge on any atom is 0.139 e. The molecule has 4 nitrogen and oxygen atoms in total. The highest BCUT2D eigenvalue weighted by atomic mass is 35.5. The lowest BCUT2D eigenvalue weighted by atomic mass is 9.90. The van der Waals surface area contributed by atoms with Crippen molar-refractivity contribution >= 4 is 23.0 Å². The Kier molecular flexibility index (Phi) is 6.32. The molecule has 1 fully saturated rings. The highest BCUT2D eigenvalue weighted by molar-refractivity contribution is 6.33. The van der Waals surface area contributed by atoms with Crippen LogP contribution in [-0.4, -0.2) is 27.5 Å². The number of aromatic amines is 1. The number of H-pyrrole nitrogens is 1. The van der Waals surface area contributed by atoms with E-state index in [4.69, 9.17) is 11.6 Å². The number of imidazole rings is 1. The summed E-state index contributed by atoms with van der Waals surface area (Å²) in [5.74, 6) is 0.774. The van der Waals surface area contributed by atoms with Gasteiger partial charge in [-0.3, -0.25) is 4.90 Å². The van der Waals surface area contributed by atoms with Gasteiger partial charge in [-0.05, 0) is 60.2 Å². The molecule has 2 aliphatic rings. The lowest BCUT2D eigenvalue weighted by Gasteiger charge is -2.38. The molecule has 4 aromatic rings. The van der Waals surface area contributed by atoms with Gasteiger partial charge in [-0.1, -0.05) is 73.3 Å². The summed E-state index contributed by atoms with van der Waals surface area (Å²) in [6, 6.07) is 23.8. The van der Waals surface area contributed by atoms with Crippen LogP contribution in [0.4, 0.5) is 11.4 Å². The van der Waals surface area contributed by atoms with Crippen molar-refractivity contribution in [3.8, 4) is 22.6 Å². The molecule has 0 amide bonds. The van der Waals surface area contributed by atoms with Crippen LogP contribution in [0, 0.1) is 0 Å². The summed E-state index contributed by atoms with van der Waals surface area (Å²) in [7, 11) is 0. The third kappa shape index (κ3) is 4.73. The Morgan fingerprint density at radius 3 is 2.66 bits per heavy atom. The van der Waals surface area contributed by atoms with E-state index < -0.39 is 0 Å². The normalized spacial score (nSPS) is 16.7. The minimum Gasteiger partial charge on any atom is -0.355 e. The summed E-state index contributed by atoms with van der Waals surface area (Å²) in [6.07, 6.45) is 9.86. The Morgan fingerprint density at radius 1 is 0.943 bits per heavy atom. The average Bonchev–Trinajstić information content (AvgIpc) is 3.41. The molecule has 0 atom stereocenters. The summed E-state index contributed by atoms with van der Waals surface area (Å²) in [6.45, 7) is 2.22. The zero-order valence-corrected chi connectivity index (χ0v) is 20.7. The van der Waals surface area contributed by atoms with Crippen molar-refractivity contribution in [3.05, 3.63) is 89.1 Å². The van der Waals surface area contributed by atoms with Crippen molar-refractivity contribution < 1.29 is 0 Å². The molecule has 0 bridgehead atoms. The maximum absolute atomic E-state index is 6.60. The first-order chi connectivity index (χ1) is 17.2. The predicted molar refractivity (Wildman–Crippen MR) is 145 cm³/mol. The second kappa shape index (κ2) is 9.88. The van der Waals surface area contributed by atoms with Crippen LogP contribution in [-0.2, 0) is 13.0 Å². The minimum absolute atomic E-state index is 0.683. The molecular formula is C30H31ClN4. The smallest absolute Gasteiger partial charge is 0.139 e. The Labute approximate surface area is 212 Å². The van der Waals surface area contributed by atoms with Crippen LogP contribution < -0.4 is 5.32 Å². The SMILES string of the molecule is Clc1ccc(Nc2cccc3c2CCN(C2CCCCC2)C3)cc1-c1ncc(-c2ccccc2)[nH]1. The van der Waals surface area contributed by atoms with Gasteiger partial charge in [0.2, 0.25) is 0 Å². The maximum atomic E-state index is 6.60. The molecule has 1 aromatic heterocycles. The van der Waals surface area contributed by atoms with Crippen molar-refractivity contribution in [2.75, 3.05) is 11.9 Å². The van der Waals surface area contributed by atoms with Gasteiger partial charge in [0, 0.05) is 36.1 Å². The molecule has 1 aliphatic carbocycles. The van der Waals surface area contributed by atoms with Gasteiger partial charge in [0.05, 0.1) is 16.9 Å². The molecular weight excluding hydrogens is 452 g/mol. The zero-order chi connectivity index (χ0) is 23.6. The van der Waals surface area contributed by atoms with Crippen LogP contribution in [0.1, 0.15) is 43.2 Å². The van der Waals surface area contributed by atoms with Crippen LogP contribution in [0.5, 0.6) is 0 Å². The van der Waals surface area contributed by atoms with E-state index in [-0.39, 0.29) is 0 Å². The summed E-state index contributed by atoms with van der Waals surface area (Å²) < 4.78 is 0. The fourth-order valence-electron chi connectivity index (χ4n) is 5.67. The Hall–Kier alpha value is -3.08. The first-order valence-electron chi connectivity index (χ1n) is 12.8. The van der Waals surface area contributed by atoms with Gasteiger partial charge < -0.3 is 10.3 Å². The standard InChI is InChI=1S/C30H31ClN4/c31-27-15-14-23(18-26(27)30-32-19-29(34-30)21-8-3-1-4-9-21)33-28-13-7-10-22-20-35(17-16-25(22)28)24-11-5-2-6-12-24/h1,3-4,7-10,13-15,18-19,24,33H,2,5-6,11-12,16-17,20H2,(H,32,34). The van der Waals surface area contributed by atoms with Gasteiger partial charge >= 0.3 is 0 Å². The van der Waals surface area contributed by atoms with E-state index in [1.165, 1.54) is 48.9 Å². The second-order valence-corrected chi connectivity index (χ2v) is 10.2. The number of hydrogen-bond acceptors (Lipinski definition) is 3. The van der Waals surface area contributed by atoms with Crippen molar-refractivity contribution in [2.45, 2.75) is 51.1 Å². The third-order valence-electron chi connectivity index (χ3n) is 7.55. The summed E-state index contributed by atoms with van der Waals surface area (Å²) in [5, 5.41) is 4.37. The van der Waals surface area contributed by atoms with E-state index in [0.717, 1.165) is 53.9 Å². The average molecular weight is 483 g/mol. The van der Waals surface area contributed by atoms with Gasteiger partial charge in [0.1, 0.15) is 5.82 Å². The molecule has 35 heavy (non-hydrogen) atoms. The molecule has 3 aromatic carbocycles. The number of rotatable bonds is 5. The topological polar surface area (TPSA) is 44.0 Å². The molecule has 1 saturated carbocycles. The molecule has 5 heteroatoms. The van der Waals surface area contributed by atoms with Crippen molar-refractivity contribution in [3.63, 3.8) is 0 Å². The molecule has 0 unspecified atom stereocenters. The van der Waals surface area contributed by atoms with E-state index in [1.807, 2.05) is 36.5 Å². The number of hydrogen-bond donors (Lipinski definition) is 2. The number of nitrogens with zero attached hydrogens (tertiary/aromatic N) is 2. The Bertz CT molecular complexity index is 1310. The van der Waals surface area contributed by atoms with Gasteiger partial charge in [-0.15, -0.1) is 0 Å². The number of nitrogens with one attached hydrogen (secondary N) is 2. The molecule has 2 N–H and O–H groups in total. The summed E-state index contributed by atoms with van der Waals surface area (Å²) >= 11 is 6.60. The third-order valence-corrected chi connectivity index (χ3v) is 7.88. The van der Waals surface area contributed by atoms with Gasteiger partial charge in [0.25, 0.3) is 0 Å². The first kappa shape index (κ1) is 22.4. The van der Waals surface area contributed by atoms with Crippen molar-refractivity contribution in [1.82, 2.24) is 14.9 Å². The van der Waals surface area contributed by atoms with Crippen molar-refractivity contribution in [2.24, 2.45) is 0 Å². The summed E-state index contributed by atoms with van der Waals surface area (Å²) in [4.78, 5) is 10.8. The number of fused-ring (bicyclic) bond motifs is 1.